The van der Waals surface area contributed by atoms with Gasteiger partial charge in [-0.25, -0.2) is 0 Å². The fourth-order valence-corrected chi connectivity index (χ4v) is 3.87. The molecule has 1 saturated heterocycles. The molecule has 2 amide bonds. The molecular formula is C24H24ClN3O5. The number of carbonyl (C=O) groups is 2. The number of nitrogens with one attached hydrogen (secondary N) is 1. The molecule has 3 aromatic rings. The van der Waals surface area contributed by atoms with Crippen LogP contribution in [0, 0.1) is 0 Å². The fraction of sp³-hybridized carbons (Fsp3) is 0.250. The molecule has 9 heteroatoms. The van der Waals surface area contributed by atoms with Gasteiger partial charge in [-0.15, -0.1) is 0 Å². The number of furan rings is 1. The SMILES string of the molecule is COc1ccc(OCC(=O)Nc2ccc(N3CCN(C(=O)c4ccco4)CC3)c(Cl)c2)cc1. The summed E-state index contributed by atoms with van der Waals surface area (Å²) in [7, 11) is 1.59. The quantitative estimate of drug-likeness (QED) is 0.564. The summed E-state index contributed by atoms with van der Waals surface area (Å²) in [4.78, 5) is 28.5. The maximum absolute atomic E-state index is 12.4. The molecular weight excluding hydrogens is 446 g/mol. The van der Waals surface area contributed by atoms with Crippen molar-refractivity contribution in [2.75, 3.05) is 50.1 Å². The number of hydrogen-bond donors (Lipinski definition) is 1. The van der Waals surface area contributed by atoms with Gasteiger partial charge >= 0.3 is 0 Å². The molecule has 2 heterocycles. The van der Waals surface area contributed by atoms with Crippen LogP contribution in [-0.4, -0.2) is 56.6 Å². The maximum Gasteiger partial charge on any atom is 0.289 e. The average molecular weight is 470 g/mol. The van der Waals surface area contributed by atoms with Crippen molar-refractivity contribution >= 4 is 34.8 Å². The monoisotopic (exact) mass is 469 g/mol. The first kappa shape index (κ1) is 22.5. The Bertz CT molecular complexity index is 1090. The fourth-order valence-electron chi connectivity index (χ4n) is 3.57. The van der Waals surface area contributed by atoms with Crippen molar-refractivity contribution in [3.05, 3.63) is 71.6 Å². The van der Waals surface area contributed by atoms with Crippen LogP contribution >= 0.6 is 11.6 Å². The topological polar surface area (TPSA) is 84.3 Å². The molecule has 172 valence electrons. The molecule has 4 rings (SSSR count). The summed E-state index contributed by atoms with van der Waals surface area (Å²) in [6, 6.07) is 15.7. The van der Waals surface area contributed by atoms with E-state index < -0.39 is 0 Å². The second kappa shape index (κ2) is 10.3. The highest BCUT2D eigenvalue weighted by atomic mass is 35.5. The van der Waals surface area contributed by atoms with E-state index in [-0.39, 0.29) is 18.4 Å². The molecule has 1 fully saturated rings. The smallest absolute Gasteiger partial charge is 0.289 e. The zero-order valence-electron chi connectivity index (χ0n) is 18.1. The third kappa shape index (κ3) is 5.59. The van der Waals surface area contributed by atoms with Gasteiger partial charge in [0.15, 0.2) is 12.4 Å². The van der Waals surface area contributed by atoms with Crippen molar-refractivity contribution in [2.45, 2.75) is 0 Å². The van der Waals surface area contributed by atoms with Gasteiger partial charge in [0.1, 0.15) is 11.5 Å². The van der Waals surface area contributed by atoms with Gasteiger partial charge in [0.2, 0.25) is 0 Å². The zero-order valence-corrected chi connectivity index (χ0v) is 18.9. The molecule has 8 nitrogen and oxygen atoms in total. The van der Waals surface area contributed by atoms with Crippen LogP contribution in [0.1, 0.15) is 10.6 Å². The first-order valence-corrected chi connectivity index (χ1v) is 10.9. The van der Waals surface area contributed by atoms with Gasteiger partial charge in [-0.05, 0) is 54.6 Å². The lowest BCUT2D eigenvalue weighted by atomic mass is 10.2. The first-order chi connectivity index (χ1) is 16.0. The Morgan fingerprint density at radius 3 is 2.39 bits per heavy atom. The van der Waals surface area contributed by atoms with Crippen molar-refractivity contribution < 1.29 is 23.5 Å². The molecule has 1 aromatic heterocycles. The normalized spacial score (nSPS) is 13.5. The van der Waals surface area contributed by atoms with E-state index in [9.17, 15) is 9.59 Å². The van der Waals surface area contributed by atoms with Crippen LogP contribution in [0.2, 0.25) is 5.02 Å². The lowest BCUT2D eigenvalue weighted by Crippen LogP contribution is -2.48. The number of amides is 2. The number of benzene rings is 2. The predicted molar refractivity (Wildman–Crippen MR) is 125 cm³/mol. The van der Waals surface area contributed by atoms with Gasteiger partial charge in [0, 0.05) is 31.9 Å². The number of halogens is 1. The molecule has 0 spiro atoms. The molecule has 0 aliphatic carbocycles. The molecule has 0 saturated carbocycles. The van der Waals surface area contributed by atoms with Gasteiger partial charge in [-0.1, -0.05) is 11.6 Å². The third-order valence-corrected chi connectivity index (χ3v) is 5.60. The number of hydrogen-bond acceptors (Lipinski definition) is 6. The Hall–Kier alpha value is -3.65. The molecule has 0 atom stereocenters. The molecule has 1 aliphatic rings. The van der Waals surface area contributed by atoms with Crippen LogP contribution < -0.4 is 19.7 Å². The summed E-state index contributed by atoms with van der Waals surface area (Å²) in [5.41, 5.74) is 1.44. The number of anilines is 2. The summed E-state index contributed by atoms with van der Waals surface area (Å²) in [6.07, 6.45) is 1.49. The summed E-state index contributed by atoms with van der Waals surface area (Å²) >= 11 is 6.50. The number of nitrogens with zero attached hydrogens (tertiary/aromatic N) is 2. The summed E-state index contributed by atoms with van der Waals surface area (Å²) in [5.74, 6) is 1.23. The van der Waals surface area contributed by atoms with Gasteiger partial charge in [-0.2, -0.15) is 0 Å². The van der Waals surface area contributed by atoms with E-state index in [1.165, 1.54) is 6.26 Å². The average Bonchev–Trinajstić information content (AvgIpc) is 3.38. The summed E-state index contributed by atoms with van der Waals surface area (Å²) in [6.45, 7) is 2.30. The minimum absolute atomic E-state index is 0.110. The maximum atomic E-state index is 12.4. The number of ether oxygens (including phenoxy) is 2. The molecule has 1 aliphatic heterocycles. The Kier molecular flexibility index (Phi) is 7.04. The number of carbonyl (C=O) groups excluding carboxylic acids is 2. The lowest BCUT2D eigenvalue weighted by molar-refractivity contribution is -0.118. The minimum atomic E-state index is -0.292. The largest absolute Gasteiger partial charge is 0.497 e. The van der Waals surface area contributed by atoms with Gasteiger partial charge < -0.3 is 29.0 Å². The number of piperazine rings is 1. The molecule has 33 heavy (non-hydrogen) atoms. The Labute approximate surface area is 196 Å². The standard InChI is InChI=1S/C24H24ClN3O5/c1-31-18-5-7-19(8-6-18)33-16-23(29)26-17-4-9-21(20(25)15-17)27-10-12-28(13-11-27)24(30)22-3-2-14-32-22/h2-9,14-15H,10-13,16H2,1H3,(H,26,29). The Morgan fingerprint density at radius 1 is 1.03 bits per heavy atom. The Balaban J connectivity index is 1.28. The van der Waals surface area contributed by atoms with Crippen molar-refractivity contribution in [1.29, 1.82) is 0 Å². The zero-order chi connectivity index (χ0) is 23.2. The van der Waals surface area contributed by atoms with Crippen LogP contribution in [0.25, 0.3) is 0 Å². The number of rotatable bonds is 7. The highest BCUT2D eigenvalue weighted by Gasteiger charge is 2.24. The van der Waals surface area contributed by atoms with Gasteiger partial charge in [0.25, 0.3) is 11.8 Å². The molecule has 0 bridgehead atoms. The van der Waals surface area contributed by atoms with E-state index in [4.69, 9.17) is 25.5 Å². The Morgan fingerprint density at radius 2 is 1.76 bits per heavy atom. The number of methoxy groups -OCH3 is 1. The molecule has 1 N–H and O–H groups in total. The van der Waals surface area contributed by atoms with Crippen LogP contribution in [-0.2, 0) is 4.79 Å². The van der Waals surface area contributed by atoms with E-state index >= 15 is 0 Å². The van der Waals surface area contributed by atoms with E-state index in [0.717, 1.165) is 5.69 Å². The van der Waals surface area contributed by atoms with E-state index in [1.54, 1.807) is 60.5 Å². The first-order valence-electron chi connectivity index (χ1n) is 10.5. The van der Waals surface area contributed by atoms with Crippen molar-refractivity contribution in [3.8, 4) is 11.5 Å². The minimum Gasteiger partial charge on any atom is -0.497 e. The summed E-state index contributed by atoms with van der Waals surface area (Å²) in [5, 5.41) is 3.31. The van der Waals surface area contributed by atoms with Crippen molar-refractivity contribution in [3.63, 3.8) is 0 Å². The van der Waals surface area contributed by atoms with Crippen molar-refractivity contribution in [2.24, 2.45) is 0 Å². The van der Waals surface area contributed by atoms with Crippen LogP contribution in [0.15, 0.2) is 65.3 Å². The highest BCUT2D eigenvalue weighted by molar-refractivity contribution is 6.33. The molecule has 0 unspecified atom stereocenters. The summed E-state index contributed by atoms with van der Waals surface area (Å²) < 4.78 is 15.8. The van der Waals surface area contributed by atoms with Crippen LogP contribution in [0.5, 0.6) is 11.5 Å². The molecule has 0 radical (unpaired) electrons. The highest BCUT2D eigenvalue weighted by Crippen LogP contribution is 2.30. The lowest BCUT2D eigenvalue weighted by Gasteiger charge is -2.36. The second-order valence-corrected chi connectivity index (χ2v) is 7.84. The van der Waals surface area contributed by atoms with Crippen LogP contribution in [0.3, 0.4) is 0 Å². The van der Waals surface area contributed by atoms with Crippen molar-refractivity contribution in [1.82, 2.24) is 4.90 Å². The van der Waals surface area contributed by atoms with Gasteiger partial charge in [-0.3, -0.25) is 9.59 Å². The van der Waals surface area contributed by atoms with E-state index in [0.29, 0.717) is 54.1 Å². The van der Waals surface area contributed by atoms with E-state index in [1.807, 2.05) is 6.07 Å². The predicted octanol–water partition coefficient (Wildman–Crippen LogP) is 3.92. The third-order valence-electron chi connectivity index (χ3n) is 5.30. The van der Waals surface area contributed by atoms with E-state index in [2.05, 4.69) is 10.2 Å². The van der Waals surface area contributed by atoms with Gasteiger partial charge in [0.05, 0.1) is 24.1 Å². The molecule has 2 aromatic carbocycles. The van der Waals surface area contributed by atoms with Crippen LogP contribution in [0.4, 0.5) is 11.4 Å². The second-order valence-electron chi connectivity index (χ2n) is 7.44.